The number of carbonyl (C=O) groups is 1. The molecule has 94 valence electrons. The van der Waals surface area contributed by atoms with Crippen molar-refractivity contribution in [3.63, 3.8) is 0 Å². The SMILES string of the molecule is BN1C(=O)/C(=C\C(C)CCCCCC)SC1=S. The number of hydrogen-bond acceptors (Lipinski definition) is 3. The molecule has 1 unspecified atom stereocenters. The highest BCUT2D eigenvalue weighted by atomic mass is 32.2. The number of thioether (sulfide) groups is 1. The molecule has 0 aromatic carbocycles. The van der Waals surface area contributed by atoms with Crippen molar-refractivity contribution in [1.29, 1.82) is 0 Å². The number of nitrogens with zero attached hydrogens (tertiary/aromatic N) is 1. The van der Waals surface area contributed by atoms with E-state index in [0.29, 0.717) is 10.2 Å². The first kappa shape index (κ1) is 14.8. The number of rotatable bonds is 6. The number of unbranched alkanes of at least 4 members (excludes halogenated alkanes) is 3. The van der Waals surface area contributed by atoms with Gasteiger partial charge in [-0.05, 0) is 12.3 Å². The van der Waals surface area contributed by atoms with Crippen molar-refractivity contribution < 1.29 is 4.79 Å². The third-order valence-electron chi connectivity index (χ3n) is 2.94. The van der Waals surface area contributed by atoms with Gasteiger partial charge in [0.25, 0.3) is 5.91 Å². The molecule has 0 aliphatic carbocycles. The fourth-order valence-electron chi connectivity index (χ4n) is 1.79. The van der Waals surface area contributed by atoms with Crippen LogP contribution >= 0.6 is 24.0 Å². The van der Waals surface area contributed by atoms with Gasteiger partial charge in [0.1, 0.15) is 4.32 Å². The molecule has 0 bridgehead atoms. The average Bonchev–Trinajstić information content (AvgIpc) is 2.53. The van der Waals surface area contributed by atoms with Crippen molar-refractivity contribution >= 4 is 42.2 Å². The molecule has 1 aliphatic heterocycles. The van der Waals surface area contributed by atoms with Gasteiger partial charge < -0.3 is 4.81 Å². The Balaban J connectivity index is 2.41. The second-order valence-electron chi connectivity index (χ2n) is 4.59. The zero-order valence-corrected chi connectivity index (χ0v) is 12.5. The third kappa shape index (κ3) is 4.47. The monoisotopic (exact) mass is 269 g/mol. The lowest BCUT2D eigenvalue weighted by molar-refractivity contribution is -0.119. The Labute approximate surface area is 115 Å². The van der Waals surface area contributed by atoms with Crippen LogP contribution in [0.4, 0.5) is 0 Å². The second kappa shape index (κ2) is 7.22. The average molecular weight is 269 g/mol. The van der Waals surface area contributed by atoms with Crippen LogP contribution in [-0.2, 0) is 4.79 Å². The molecule has 2 nitrogen and oxygen atoms in total. The molecular formula is C12H20BNOS2. The van der Waals surface area contributed by atoms with Gasteiger partial charge in [0.2, 0.25) is 7.98 Å². The number of thiocarbonyl (C=S) groups is 1. The van der Waals surface area contributed by atoms with Gasteiger partial charge >= 0.3 is 0 Å². The zero-order chi connectivity index (χ0) is 12.8. The minimum absolute atomic E-state index is 0.0559. The first-order valence-electron chi connectivity index (χ1n) is 6.28. The minimum atomic E-state index is 0.0559. The fourth-order valence-corrected chi connectivity index (χ4v) is 3.08. The molecule has 1 rings (SSSR count). The van der Waals surface area contributed by atoms with E-state index < -0.39 is 0 Å². The van der Waals surface area contributed by atoms with Gasteiger partial charge in [0, 0.05) is 0 Å². The molecule has 0 spiro atoms. The molecule has 1 saturated heterocycles. The highest BCUT2D eigenvalue weighted by Crippen LogP contribution is 2.31. The van der Waals surface area contributed by atoms with Crippen molar-refractivity contribution in [1.82, 2.24) is 4.81 Å². The van der Waals surface area contributed by atoms with E-state index in [9.17, 15) is 4.79 Å². The smallest absolute Gasteiger partial charge is 0.253 e. The topological polar surface area (TPSA) is 20.3 Å². The molecule has 0 radical (unpaired) electrons. The predicted molar refractivity (Wildman–Crippen MR) is 81.6 cm³/mol. The van der Waals surface area contributed by atoms with Crippen LogP contribution < -0.4 is 0 Å². The van der Waals surface area contributed by atoms with E-state index >= 15 is 0 Å². The summed E-state index contributed by atoms with van der Waals surface area (Å²) in [6, 6.07) is 0. The van der Waals surface area contributed by atoms with Gasteiger partial charge in [-0.2, -0.15) is 0 Å². The summed E-state index contributed by atoms with van der Waals surface area (Å²) in [6.45, 7) is 4.39. The second-order valence-corrected chi connectivity index (χ2v) is 6.27. The normalized spacial score (nSPS) is 20.4. The van der Waals surface area contributed by atoms with Gasteiger partial charge in [-0.25, -0.2) is 0 Å². The molecule has 1 aliphatic rings. The first-order valence-corrected chi connectivity index (χ1v) is 7.50. The van der Waals surface area contributed by atoms with E-state index in [1.54, 1.807) is 12.8 Å². The van der Waals surface area contributed by atoms with Gasteiger partial charge in [0.05, 0.1) is 4.91 Å². The summed E-state index contributed by atoms with van der Waals surface area (Å²) < 4.78 is 0.666. The zero-order valence-electron chi connectivity index (χ0n) is 10.9. The minimum Gasteiger partial charge on any atom is -0.346 e. The summed E-state index contributed by atoms with van der Waals surface area (Å²) in [6.07, 6.45) is 8.36. The Kier molecular flexibility index (Phi) is 6.27. The van der Waals surface area contributed by atoms with E-state index in [1.165, 1.54) is 37.4 Å². The van der Waals surface area contributed by atoms with Crippen LogP contribution in [0.5, 0.6) is 0 Å². The molecule has 1 atom stereocenters. The van der Waals surface area contributed by atoms with Crippen LogP contribution in [-0.4, -0.2) is 23.0 Å². The van der Waals surface area contributed by atoms with E-state index in [1.807, 2.05) is 0 Å². The maximum Gasteiger partial charge on any atom is 0.253 e. The quantitative estimate of drug-likeness (QED) is 0.320. The Morgan fingerprint density at radius 3 is 2.71 bits per heavy atom. The van der Waals surface area contributed by atoms with Crippen molar-refractivity contribution in [3.05, 3.63) is 11.0 Å². The lowest BCUT2D eigenvalue weighted by Crippen LogP contribution is -2.24. The summed E-state index contributed by atoms with van der Waals surface area (Å²) in [5, 5.41) is 0. The lowest BCUT2D eigenvalue weighted by atomic mass is 10.0. The summed E-state index contributed by atoms with van der Waals surface area (Å²) in [5.74, 6) is 0.521. The number of allylic oxidation sites excluding steroid dienone is 1. The van der Waals surface area contributed by atoms with E-state index in [0.717, 1.165) is 11.3 Å². The van der Waals surface area contributed by atoms with Crippen LogP contribution in [0.1, 0.15) is 46.0 Å². The summed E-state index contributed by atoms with van der Waals surface area (Å²) in [7, 11) is 1.74. The number of hydrogen-bond donors (Lipinski definition) is 0. The molecule has 1 fully saturated rings. The Morgan fingerprint density at radius 2 is 2.18 bits per heavy atom. The fraction of sp³-hybridized carbons (Fsp3) is 0.667. The summed E-state index contributed by atoms with van der Waals surface area (Å²) in [4.78, 5) is 14.1. The van der Waals surface area contributed by atoms with Crippen molar-refractivity contribution in [2.24, 2.45) is 5.92 Å². The maximum absolute atomic E-state index is 11.8. The standard InChI is InChI=1S/C12H20BNOS2/c1-3-4-5-6-7-9(2)8-10-11(15)14(13)12(16)17-10/h8-9H,3-7,13H2,1-2H3/b10-8+. The van der Waals surface area contributed by atoms with Gasteiger partial charge in [-0.3, -0.25) is 4.79 Å². The summed E-state index contributed by atoms with van der Waals surface area (Å²) >= 11 is 6.52. The third-order valence-corrected chi connectivity index (χ3v) is 4.44. The summed E-state index contributed by atoms with van der Waals surface area (Å²) in [5.41, 5.74) is 0. The van der Waals surface area contributed by atoms with Gasteiger partial charge in [-0.15, -0.1) is 0 Å². The van der Waals surface area contributed by atoms with Crippen LogP contribution in [0, 0.1) is 5.92 Å². The molecule has 0 aromatic heterocycles. The maximum atomic E-state index is 11.8. The van der Waals surface area contributed by atoms with Gasteiger partial charge in [0.15, 0.2) is 0 Å². The Bertz CT molecular complexity index is 330. The number of carbonyl (C=O) groups excluding carboxylic acids is 1. The van der Waals surface area contributed by atoms with Crippen molar-refractivity contribution in [2.75, 3.05) is 0 Å². The van der Waals surface area contributed by atoms with Crippen LogP contribution in [0.2, 0.25) is 0 Å². The Morgan fingerprint density at radius 1 is 1.47 bits per heavy atom. The Hall–Kier alpha value is -0.285. The lowest BCUT2D eigenvalue weighted by Gasteiger charge is -2.07. The van der Waals surface area contributed by atoms with E-state index in [2.05, 4.69) is 19.9 Å². The van der Waals surface area contributed by atoms with Crippen molar-refractivity contribution in [3.8, 4) is 0 Å². The first-order chi connectivity index (χ1) is 8.06. The largest absolute Gasteiger partial charge is 0.346 e. The number of amides is 1. The molecular weight excluding hydrogens is 249 g/mol. The van der Waals surface area contributed by atoms with Gasteiger partial charge in [-0.1, -0.05) is 69.6 Å². The van der Waals surface area contributed by atoms with Crippen LogP contribution in [0.15, 0.2) is 11.0 Å². The molecule has 1 heterocycles. The molecule has 0 saturated carbocycles. The molecule has 1 amide bonds. The van der Waals surface area contributed by atoms with E-state index in [-0.39, 0.29) is 5.91 Å². The molecule has 17 heavy (non-hydrogen) atoms. The van der Waals surface area contributed by atoms with Crippen molar-refractivity contribution in [2.45, 2.75) is 46.0 Å². The predicted octanol–water partition coefficient (Wildman–Crippen LogP) is 2.89. The molecule has 0 aromatic rings. The molecule has 0 N–H and O–H groups in total. The van der Waals surface area contributed by atoms with Crippen LogP contribution in [0.25, 0.3) is 0 Å². The van der Waals surface area contributed by atoms with Crippen LogP contribution in [0.3, 0.4) is 0 Å². The molecule has 5 heteroatoms. The highest BCUT2D eigenvalue weighted by molar-refractivity contribution is 8.26. The highest BCUT2D eigenvalue weighted by Gasteiger charge is 2.28. The van der Waals surface area contributed by atoms with E-state index in [4.69, 9.17) is 12.2 Å².